The van der Waals surface area contributed by atoms with Gasteiger partial charge in [-0.25, -0.2) is 0 Å². The van der Waals surface area contributed by atoms with Crippen LogP contribution in [-0.2, 0) is 4.84 Å². The Bertz CT molecular complexity index is 543. The molecule has 120 valence electrons. The van der Waals surface area contributed by atoms with E-state index in [9.17, 15) is 5.11 Å². The molecule has 3 rings (SSSR count). The summed E-state index contributed by atoms with van der Waals surface area (Å²) in [6.45, 7) is 2.14. The van der Waals surface area contributed by atoms with Crippen molar-refractivity contribution < 1.29 is 9.94 Å². The zero-order chi connectivity index (χ0) is 15.7. The highest BCUT2D eigenvalue weighted by molar-refractivity contribution is 14.1. The Morgan fingerprint density at radius 1 is 1.27 bits per heavy atom. The van der Waals surface area contributed by atoms with E-state index in [2.05, 4.69) is 58.9 Å². The zero-order valence-electron chi connectivity index (χ0n) is 13.2. The molecule has 22 heavy (non-hydrogen) atoms. The van der Waals surface area contributed by atoms with Crippen LogP contribution in [0.2, 0.25) is 0 Å². The first-order valence-electron chi connectivity index (χ1n) is 8.17. The number of fused-ring (bicyclic) bond motifs is 2. The molecule has 3 nitrogen and oxygen atoms in total. The molecule has 2 aliphatic carbocycles. The lowest BCUT2D eigenvalue weighted by atomic mass is 9.67. The van der Waals surface area contributed by atoms with Crippen molar-refractivity contribution in [2.45, 2.75) is 44.6 Å². The van der Waals surface area contributed by atoms with Gasteiger partial charge < -0.3 is 9.94 Å². The number of aliphatic hydroxyl groups excluding tert-OH is 1. The van der Waals surface area contributed by atoms with E-state index in [1.807, 2.05) is 0 Å². The standard InChI is InChI=1S/C18H24INO2/c1-3-16(20-22-2)18-14(12-4-6-13(19)7-5-12)8-11-9-15(18)17(21)10-11/h4-7,11,14-15,17-18,21H,3,8-10H2,1-2H3/t11?,14-,15-,17?,18+/m1/s1. The fourth-order valence-corrected chi connectivity index (χ4v) is 4.91. The van der Waals surface area contributed by atoms with E-state index in [-0.39, 0.29) is 6.10 Å². The highest BCUT2D eigenvalue weighted by Gasteiger charge is 2.48. The van der Waals surface area contributed by atoms with Crippen molar-refractivity contribution in [2.24, 2.45) is 22.9 Å². The predicted molar refractivity (Wildman–Crippen MR) is 97.0 cm³/mol. The molecule has 0 aromatic heterocycles. The average molecular weight is 413 g/mol. The Morgan fingerprint density at radius 2 is 2.00 bits per heavy atom. The highest BCUT2D eigenvalue weighted by atomic mass is 127. The smallest absolute Gasteiger partial charge is 0.106 e. The number of aliphatic hydroxyl groups is 1. The van der Waals surface area contributed by atoms with E-state index in [0.29, 0.717) is 23.7 Å². The lowest BCUT2D eigenvalue weighted by Gasteiger charge is -2.38. The van der Waals surface area contributed by atoms with E-state index in [1.165, 1.54) is 9.13 Å². The first-order chi connectivity index (χ1) is 10.6. The molecule has 5 atom stereocenters. The second-order valence-corrected chi connectivity index (χ2v) is 7.85. The fraction of sp³-hybridized carbons (Fsp3) is 0.611. The molecule has 0 heterocycles. The van der Waals surface area contributed by atoms with Gasteiger partial charge in [0.2, 0.25) is 0 Å². The quantitative estimate of drug-likeness (QED) is 0.457. The van der Waals surface area contributed by atoms with Gasteiger partial charge in [-0.15, -0.1) is 0 Å². The Labute approximate surface area is 146 Å². The summed E-state index contributed by atoms with van der Waals surface area (Å²) in [7, 11) is 1.62. The SMILES string of the molecule is CCC(=NOC)[C@H]1[C@@H](c2ccc(I)cc2)CC2CC(O)[C@H]1C2. The lowest BCUT2D eigenvalue weighted by molar-refractivity contribution is 0.106. The van der Waals surface area contributed by atoms with Gasteiger partial charge in [0.05, 0.1) is 11.8 Å². The third kappa shape index (κ3) is 3.04. The van der Waals surface area contributed by atoms with Gasteiger partial charge in [0, 0.05) is 9.49 Å². The zero-order valence-corrected chi connectivity index (χ0v) is 15.4. The molecular formula is C18H24INO2. The van der Waals surface area contributed by atoms with Crippen LogP contribution in [-0.4, -0.2) is 24.0 Å². The van der Waals surface area contributed by atoms with Gasteiger partial charge in [-0.05, 0) is 83.7 Å². The third-order valence-corrected chi connectivity index (χ3v) is 6.13. The number of nitrogens with zero attached hydrogens (tertiary/aromatic N) is 1. The average Bonchev–Trinajstić information content (AvgIpc) is 2.81. The maximum atomic E-state index is 10.5. The Morgan fingerprint density at radius 3 is 2.64 bits per heavy atom. The minimum Gasteiger partial charge on any atom is -0.399 e. The summed E-state index contributed by atoms with van der Waals surface area (Å²) >= 11 is 2.35. The van der Waals surface area contributed by atoms with Crippen LogP contribution in [0.1, 0.15) is 44.1 Å². The van der Waals surface area contributed by atoms with Crippen LogP contribution < -0.4 is 0 Å². The van der Waals surface area contributed by atoms with Crippen molar-refractivity contribution in [2.75, 3.05) is 7.11 Å². The van der Waals surface area contributed by atoms with Crippen molar-refractivity contribution in [1.82, 2.24) is 0 Å². The van der Waals surface area contributed by atoms with Crippen molar-refractivity contribution in [3.05, 3.63) is 33.4 Å². The molecule has 1 N–H and O–H groups in total. The van der Waals surface area contributed by atoms with Crippen molar-refractivity contribution in [1.29, 1.82) is 0 Å². The van der Waals surface area contributed by atoms with Crippen LogP contribution in [0.15, 0.2) is 29.4 Å². The third-order valence-electron chi connectivity index (χ3n) is 5.41. The second kappa shape index (κ2) is 6.87. The summed E-state index contributed by atoms with van der Waals surface area (Å²) in [5.41, 5.74) is 2.49. The molecular weight excluding hydrogens is 389 g/mol. The number of hydrogen-bond acceptors (Lipinski definition) is 3. The maximum Gasteiger partial charge on any atom is 0.106 e. The topological polar surface area (TPSA) is 41.8 Å². The monoisotopic (exact) mass is 413 g/mol. The van der Waals surface area contributed by atoms with E-state index >= 15 is 0 Å². The summed E-state index contributed by atoms with van der Waals surface area (Å²) in [6.07, 6.45) is 3.94. The van der Waals surface area contributed by atoms with Gasteiger partial charge in [-0.1, -0.05) is 24.2 Å². The van der Waals surface area contributed by atoms with Crippen LogP contribution >= 0.6 is 22.6 Å². The number of halogens is 1. The minimum absolute atomic E-state index is 0.183. The van der Waals surface area contributed by atoms with Gasteiger partial charge in [0.15, 0.2) is 0 Å². The first-order valence-corrected chi connectivity index (χ1v) is 9.25. The predicted octanol–water partition coefficient (Wildman–Crippen LogP) is 4.19. The molecule has 2 unspecified atom stereocenters. The van der Waals surface area contributed by atoms with Gasteiger partial charge in [-0.3, -0.25) is 0 Å². The Kier molecular flexibility index (Phi) is 5.07. The molecule has 0 aliphatic heterocycles. The number of rotatable bonds is 4. The van der Waals surface area contributed by atoms with Crippen LogP contribution in [0.5, 0.6) is 0 Å². The van der Waals surface area contributed by atoms with Crippen molar-refractivity contribution >= 4 is 28.3 Å². The highest BCUT2D eigenvalue weighted by Crippen LogP contribution is 2.52. The van der Waals surface area contributed by atoms with Crippen LogP contribution in [0.4, 0.5) is 0 Å². The van der Waals surface area contributed by atoms with E-state index < -0.39 is 0 Å². The van der Waals surface area contributed by atoms with Gasteiger partial charge >= 0.3 is 0 Å². The second-order valence-electron chi connectivity index (χ2n) is 6.61. The molecule has 0 spiro atoms. The van der Waals surface area contributed by atoms with Crippen LogP contribution in [0, 0.1) is 21.3 Å². The van der Waals surface area contributed by atoms with Crippen LogP contribution in [0.25, 0.3) is 0 Å². The number of hydrogen-bond donors (Lipinski definition) is 1. The van der Waals surface area contributed by atoms with Crippen LogP contribution in [0.3, 0.4) is 0 Å². The molecule has 2 saturated carbocycles. The molecule has 0 amide bonds. The lowest BCUT2D eigenvalue weighted by Crippen LogP contribution is -2.36. The van der Waals surface area contributed by atoms with E-state index in [4.69, 9.17) is 4.84 Å². The number of benzene rings is 1. The molecule has 0 saturated heterocycles. The summed E-state index contributed by atoms with van der Waals surface area (Å²) in [5, 5.41) is 14.8. The van der Waals surface area contributed by atoms with Crippen molar-refractivity contribution in [3.63, 3.8) is 0 Å². The summed E-state index contributed by atoms with van der Waals surface area (Å²) in [4.78, 5) is 5.10. The maximum absolute atomic E-state index is 10.5. The minimum atomic E-state index is -0.183. The summed E-state index contributed by atoms with van der Waals surface area (Å²) in [5.74, 6) is 1.74. The molecule has 2 bridgehead atoms. The van der Waals surface area contributed by atoms with E-state index in [0.717, 1.165) is 31.4 Å². The van der Waals surface area contributed by atoms with E-state index in [1.54, 1.807) is 7.11 Å². The first kappa shape index (κ1) is 16.2. The molecule has 1 aromatic carbocycles. The van der Waals surface area contributed by atoms with Gasteiger partial charge in [-0.2, -0.15) is 0 Å². The van der Waals surface area contributed by atoms with Crippen molar-refractivity contribution in [3.8, 4) is 0 Å². The summed E-state index contributed by atoms with van der Waals surface area (Å²) in [6, 6.07) is 8.85. The van der Waals surface area contributed by atoms with Gasteiger partial charge in [0.25, 0.3) is 0 Å². The normalized spacial score (nSPS) is 34.7. The molecule has 0 radical (unpaired) electrons. The molecule has 1 aromatic rings. The molecule has 2 fully saturated rings. The molecule has 4 heteroatoms. The number of oxime groups is 1. The van der Waals surface area contributed by atoms with Gasteiger partial charge in [0.1, 0.15) is 7.11 Å². The fourth-order valence-electron chi connectivity index (χ4n) is 4.55. The molecule has 2 aliphatic rings. The largest absolute Gasteiger partial charge is 0.399 e. The Hall–Kier alpha value is -0.620. The Balaban J connectivity index is 1.98. The summed E-state index contributed by atoms with van der Waals surface area (Å²) < 4.78 is 1.26.